The number of halogens is 2. The van der Waals surface area contributed by atoms with Gasteiger partial charge in [-0.15, -0.1) is 0 Å². The molecule has 3 aliphatic rings. The van der Waals surface area contributed by atoms with E-state index in [-0.39, 0.29) is 35.9 Å². The molecular formula is C23H24Cl2N2O4. The second-order valence-electron chi connectivity index (χ2n) is 8.57. The van der Waals surface area contributed by atoms with Crippen LogP contribution in [0.4, 0.5) is 0 Å². The van der Waals surface area contributed by atoms with E-state index >= 15 is 0 Å². The van der Waals surface area contributed by atoms with E-state index in [0.717, 1.165) is 19.3 Å². The number of rotatable bonds is 10. The number of ether oxygens (including phenoxy) is 2. The first-order valence-corrected chi connectivity index (χ1v) is 10.9. The van der Waals surface area contributed by atoms with Gasteiger partial charge in [0, 0.05) is 23.1 Å². The normalized spacial score (nSPS) is 23.2. The summed E-state index contributed by atoms with van der Waals surface area (Å²) >= 11 is 11.7. The van der Waals surface area contributed by atoms with Gasteiger partial charge in [-0.25, -0.2) is 0 Å². The van der Waals surface area contributed by atoms with Crippen molar-refractivity contribution < 1.29 is 19.1 Å². The van der Waals surface area contributed by atoms with Crippen LogP contribution in [0.2, 0.25) is 10.0 Å². The van der Waals surface area contributed by atoms with Gasteiger partial charge >= 0.3 is 0 Å². The third kappa shape index (κ3) is 5.43. The summed E-state index contributed by atoms with van der Waals surface area (Å²) in [5.41, 5.74) is 0.334. The summed E-state index contributed by atoms with van der Waals surface area (Å²) in [4.78, 5) is 24.1. The molecule has 3 aliphatic carbocycles. The molecule has 0 heterocycles. The first-order valence-electron chi connectivity index (χ1n) is 10.2. The predicted molar refractivity (Wildman–Crippen MR) is 119 cm³/mol. The van der Waals surface area contributed by atoms with Crippen LogP contribution in [0.3, 0.4) is 0 Å². The Kier molecular flexibility index (Phi) is 6.30. The minimum absolute atomic E-state index is 0.0213. The van der Waals surface area contributed by atoms with Gasteiger partial charge in [0.15, 0.2) is 13.2 Å². The Morgan fingerprint density at radius 3 is 1.42 bits per heavy atom. The smallest absolute Gasteiger partial charge is 0.257 e. The van der Waals surface area contributed by atoms with Crippen molar-refractivity contribution in [3.63, 3.8) is 0 Å². The first kappa shape index (κ1) is 21.8. The highest BCUT2D eigenvalue weighted by Crippen LogP contribution is 2.72. The van der Waals surface area contributed by atoms with Crippen LogP contribution in [-0.4, -0.2) is 38.1 Å². The van der Waals surface area contributed by atoms with E-state index in [0.29, 0.717) is 34.6 Å². The van der Waals surface area contributed by atoms with Crippen LogP contribution in [0.15, 0.2) is 48.5 Å². The molecule has 0 unspecified atom stereocenters. The van der Waals surface area contributed by atoms with Crippen LogP contribution < -0.4 is 20.1 Å². The van der Waals surface area contributed by atoms with Gasteiger partial charge in [0.25, 0.3) is 11.8 Å². The Hall–Kier alpha value is -2.44. The SMILES string of the molecule is O=C(COc1ccc(Cl)cc1)NCC12CC(CNC(=O)COc3ccc(Cl)cc3)(C1)C2. The van der Waals surface area contributed by atoms with Gasteiger partial charge in [-0.2, -0.15) is 0 Å². The summed E-state index contributed by atoms with van der Waals surface area (Å²) in [7, 11) is 0. The van der Waals surface area contributed by atoms with E-state index in [2.05, 4.69) is 10.6 Å². The second kappa shape index (κ2) is 8.97. The van der Waals surface area contributed by atoms with Gasteiger partial charge in [0.05, 0.1) is 0 Å². The minimum Gasteiger partial charge on any atom is -0.484 e. The number of amides is 2. The maximum Gasteiger partial charge on any atom is 0.257 e. The summed E-state index contributed by atoms with van der Waals surface area (Å²) in [6, 6.07) is 13.8. The molecule has 2 N–H and O–H groups in total. The third-order valence-electron chi connectivity index (χ3n) is 5.94. The van der Waals surface area contributed by atoms with Gasteiger partial charge in [-0.1, -0.05) is 23.2 Å². The van der Waals surface area contributed by atoms with Gasteiger partial charge in [-0.3, -0.25) is 9.59 Å². The monoisotopic (exact) mass is 462 g/mol. The van der Waals surface area contributed by atoms with Crippen molar-refractivity contribution in [2.24, 2.45) is 10.8 Å². The van der Waals surface area contributed by atoms with Crippen LogP contribution in [-0.2, 0) is 9.59 Å². The number of carbonyl (C=O) groups is 2. The Bertz CT molecular complexity index is 852. The van der Waals surface area contributed by atoms with Crippen molar-refractivity contribution >= 4 is 35.0 Å². The zero-order valence-corrected chi connectivity index (χ0v) is 18.5. The van der Waals surface area contributed by atoms with Gasteiger partial charge in [-0.05, 0) is 78.6 Å². The van der Waals surface area contributed by atoms with E-state index in [9.17, 15) is 9.59 Å². The Morgan fingerprint density at radius 1 is 0.710 bits per heavy atom. The average Bonchev–Trinajstić information content (AvgIpc) is 2.70. The molecule has 3 fully saturated rings. The Morgan fingerprint density at radius 2 is 1.06 bits per heavy atom. The fourth-order valence-electron chi connectivity index (χ4n) is 4.64. The minimum atomic E-state index is -0.138. The van der Waals surface area contributed by atoms with Crippen LogP contribution >= 0.6 is 23.2 Å². The first-order chi connectivity index (χ1) is 14.9. The topological polar surface area (TPSA) is 76.7 Å². The molecule has 3 saturated carbocycles. The lowest BCUT2D eigenvalue weighted by Crippen LogP contribution is -2.68. The summed E-state index contributed by atoms with van der Waals surface area (Å²) in [6.07, 6.45) is 3.03. The second-order valence-corrected chi connectivity index (χ2v) is 9.44. The summed E-state index contributed by atoms with van der Waals surface area (Å²) in [5, 5.41) is 7.17. The molecule has 31 heavy (non-hydrogen) atoms. The quantitative estimate of drug-likeness (QED) is 0.561. The molecule has 2 bridgehead atoms. The fraction of sp³-hybridized carbons (Fsp3) is 0.391. The average molecular weight is 463 g/mol. The highest BCUT2D eigenvalue weighted by atomic mass is 35.5. The molecule has 0 aromatic heterocycles. The Labute approximate surface area is 191 Å². The number of hydrogen-bond donors (Lipinski definition) is 2. The van der Waals surface area contributed by atoms with E-state index in [1.165, 1.54) is 0 Å². The lowest BCUT2D eigenvalue weighted by molar-refractivity contribution is -0.197. The lowest BCUT2D eigenvalue weighted by Gasteiger charge is -2.71. The van der Waals surface area contributed by atoms with Gasteiger partial charge in [0.1, 0.15) is 11.5 Å². The molecule has 0 radical (unpaired) electrons. The molecule has 164 valence electrons. The molecule has 0 saturated heterocycles. The predicted octanol–water partition coefficient (Wildman–Crippen LogP) is 3.85. The highest BCUT2D eigenvalue weighted by Gasteiger charge is 2.67. The van der Waals surface area contributed by atoms with Crippen LogP contribution in [0.25, 0.3) is 0 Å². The molecular weight excluding hydrogens is 439 g/mol. The molecule has 2 amide bonds. The van der Waals surface area contributed by atoms with E-state index < -0.39 is 0 Å². The van der Waals surface area contributed by atoms with Crippen molar-refractivity contribution in [1.29, 1.82) is 0 Å². The van der Waals surface area contributed by atoms with Crippen LogP contribution in [0, 0.1) is 10.8 Å². The van der Waals surface area contributed by atoms with Gasteiger partial charge < -0.3 is 20.1 Å². The van der Waals surface area contributed by atoms with Crippen LogP contribution in [0.5, 0.6) is 11.5 Å². The number of carbonyl (C=O) groups excluding carboxylic acids is 2. The molecule has 2 aromatic rings. The molecule has 6 nitrogen and oxygen atoms in total. The number of hydrogen-bond acceptors (Lipinski definition) is 4. The lowest BCUT2D eigenvalue weighted by atomic mass is 9.35. The zero-order valence-electron chi connectivity index (χ0n) is 17.0. The summed E-state index contributed by atoms with van der Waals surface area (Å²) in [5.74, 6) is 0.947. The fourth-order valence-corrected chi connectivity index (χ4v) is 4.89. The maximum atomic E-state index is 12.0. The molecule has 0 aliphatic heterocycles. The zero-order chi connectivity index (χ0) is 21.9. The molecule has 0 atom stereocenters. The molecule has 2 aromatic carbocycles. The standard InChI is InChI=1S/C23H24Cl2N2O4/c24-16-1-5-18(6-2-16)30-9-20(28)26-14-22-11-23(12-22,13-22)15-27-21(29)10-31-19-7-3-17(25)4-8-19/h1-8H,9-15H2,(H,26,28)(H,27,29). The van der Waals surface area contributed by atoms with Crippen molar-refractivity contribution in [1.82, 2.24) is 10.6 Å². The van der Waals surface area contributed by atoms with Crippen molar-refractivity contribution in [2.75, 3.05) is 26.3 Å². The summed E-state index contributed by atoms with van der Waals surface area (Å²) in [6.45, 7) is 1.25. The van der Waals surface area contributed by atoms with E-state index in [4.69, 9.17) is 32.7 Å². The molecule has 0 spiro atoms. The third-order valence-corrected chi connectivity index (χ3v) is 6.44. The van der Waals surface area contributed by atoms with Crippen LogP contribution in [0.1, 0.15) is 19.3 Å². The van der Waals surface area contributed by atoms with Gasteiger partial charge in [0.2, 0.25) is 0 Å². The molecule has 5 rings (SSSR count). The van der Waals surface area contributed by atoms with Crippen molar-refractivity contribution in [3.05, 3.63) is 58.6 Å². The van der Waals surface area contributed by atoms with E-state index in [1.807, 2.05) is 0 Å². The number of benzene rings is 2. The van der Waals surface area contributed by atoms with E-state index in [1.54, 1.807) is 48.5 Å². The maximum absolute atomic E-state index is 12.0. The van der Waals surface area contributed by atoms with Crippen molar-refractivity contribution in [2.45, 2.75) is 19.3 Å². The largest absolute Gasteiger partial charge is 0.484 e. The van der Waals surface area contributed by atoms with Crippen molar-refractivity contribution in [3.8, 4) is 11.5 Å². The Balaban J connectivity index is 1.09. The number of nitrogens with one attached hydrogen (secondary N) is 2. The molecule has 8 heteroatoms. The highest BCUT2D eigenvalue weighted by molar-refractivity contribution is 6.30. The summed E-state index contributed by atoms with van der Waals surface area (Å²) < 4.78 is 10.9.